The molecule has 1 amide bonds. The molecule has 0 spiro atoms. The Balaban J connectivity index is 1.45. The van der Waals surface area contributed by atoms with Gasteiger partial charge in [-0.15, -0.1) is 0 Å². The van der Waals surface area contributed by atoms with Crippen molar-refractivity contribution in [1.29, 1.82) is 0 Å². The lowest BCUT2D eigenvalue weighted by Gasteiger charge is -2.40. The van der Waals surface area contributed by atoms with Crippen LogP contribution in [-0.4, -0.2) is 65.5 Å². The van der Waals surface area contributed by atoms with E-state index in [1.54, 1.807) is 4.90 Å². The number of rotatable bonds is 4. The minimum atomic E-state index is -0.495. The highest BCUT2D eigenvalue weighted by molar-refractivity contribution is 6.31. The van der Waals surface area contributed by atoms with Crippen molar-refractivity contribution in [3.63, 3.8) is 0 Å². The van der Waals surface area contributed by atoms with E-state index in [1.165, 1.54) is 0 Å². The van der Waals surface area contributed by atoms with Crippen molar-refractivity contribution >= 4 is 35.1 Å². The number of amides is 1. The fourth-order valence-electron chi connectivity index (χ4n) is 4.20. The zero-order valence-electron chi connectivity index (χ0n) is 20.2. The van der Waals surface area contributed by atoms with Crippen LogP contribution in [0.5, 0.6) is 0 Å². The predicted octanol–water partition coefficient (Wildman–Crippen LogP) is 4.02. The number of aryl methyl sites for hydroxylation is 1. The van der Waals surface area contributed by atoms with E-state index in [4.69, 9.17) is 26.8 Å². The number of benzene rings is 1. The molecular formula is C24H33ClN6O3. The quantitative estimate of drug-likeness (QED) is 0.664. The highest BCUT2D eigenvalue weighted by Gasteiger charge is 2.34. The number of nitrogens with zero attached hydrogens (tertiary/aromatic N) is 4. The number of likely N-dealkylation sites (tertiary alicyclic amines) is 1. The lowest BCUT2D eigenvalue weighted by Crippen LogP contribution is -2.57. The Hall–Kier alpha value is -2.78. The summed E-state index contributed by atoms with van der Waals surface area (Å²) in [5.74, 6) is 1.03. The number of ether oxygens (including phenoxy) is 2. The summed E-state index contributed by atoms with van der Waals surface area (Å²) in [6.07, 6.45) is 0.597. The minimum absolute atomic E-state index is 0.0934. The van der Waals surface area contributed by atoms with Crippen LogP contribution in [-0.2, 0) is 9.47 Å². The van der Waals surface area contributed by atoms with Crippen LogP contribution in [0.4, 0.5) is 22.2 Å². The predicted molar refractivity (Wildman–Crippen MR) is 133 cm³/mol. The molecule has 0 aliphatic carbocycles. The number of nitrogen functional groups attached to an aromatic ring is 1. The lowest BCUT2D eigenvalue weighted by molar-refractivity contribution is 0.0105. The second-order valence-electron chi connectivity index (χ2n) is 9.83. The maximum Gasteiger partial charge on any atom is 0.410 e. The highest BCUT2D eigenvalue weighted by atomic mass is 35.5. The summed E-state index contributed by atoms with van der Waals surface area (Å²) < 4.78 is 11.3. The minimum Gasteiger partial charge on any atom is -0.444 e. The van der Waals surface area contributed by atoms with Crippen molar-refractivity contribution in [1.82, 2.24) is 14.9 Å². The second-order valence-corrected chi connectivity index (χ2v) is 10.2. The van der Waals surface area contributed by atoms with Crippen molar-refractivity contribution in [2.24, 2.45) is 0 Å². The topological polar surface area (TPSA) is 106 Å². The number of aromatic nitrogens is 2. The molecule has 0 radical (unpaired) electrons. The van der Waals surface area contributed by atoms with Crippen molar-refractivity contribution in [3.8, 4) is 0 Å². The Labute approximate surface area is 205 Å². The van der Waals surface area contributed by atoms with Gasteiger partial charge in [0.05, 0.1) is 18.7 Å². The summed E-state index contributed by atoms with van der Waals surface area (Å²) in [5, 5.41) is 4.10. The lowest BCUT2D eigenvalue weighted by atomic mass is 10.0. The van der Waals surface area contributed by atoms with Crippen LogP contribution < -0.4 is 16.0 Å². The third-order valence-electron chi connectivity index (χ3n) is 5.76. The zero-order chi connectivity index (χ0) is 24.5. The summed E-state index contributed by atoms with van der Waals surface area (Å²) in [6.45, 7) is 10.6. The van der Waals surface area contributed by atoms with Crippen LogP contribution in [0, 0.1) is 6.92 Å². The van der Waals surface area contributed by atoms with Gasteiger partial charge in [0.1, 0.15) is 11.4 Å². The Morgan fingerprint density at radius 2 is 2.03 bits per heavy atom. The molecule has 1 aromatic carbocycles. The molecule has 9 nitrogen and oxygen atoms in total. The number of nitrogens with one attached hydrogen (secondary N) is 1. The summed E-state index contributed by atoms with van der Waals surface area (Å²) in [7, 11) is 0. The number of carbonyl (C=O) groups is 1. The number of hydrogen-bond acceptors (Lipinski definition) is 8. The van der Waals surface area contributed by atoms with Gasteiger partial charge < -0.3 is 30.3 Å². The van der Waals surface area contributed by atoms with Gasteiger partial charge in [-0.05, 0) is 51.8 Å². The van der Waals surface area contributed by atoms with Crippen LogP contribution in [0.2, 0.25) is 5.02 Å². The average Bonchev–Trinajstić information content (AvgIpc) is 2.94. The van der Waals surface area contributed by atoms with Gasteiger partial charge in [-0.3, -0.25) is 0 Å². The van der Waals surface area contributed by atoms with Gasteiger partial charge in [0.15, 0.2) is 0 Å². The van der Waals surface area contributed by atoms with E-state index in [0.29, 0.717) is 31.3 Å². The van der Waals surface area contributed by atoms with Gasteiger partial charge in [-0.1, -0.05) is 17.7 Å². The van der Waals surface area contributed by atoms with Crippen molar-refractivity contribution in [2.75, 3.05) is 48.8 Å². The number of hydrogen-bond donors (Lipinski definition) is 2. The van der Waals surface area contributed by atoms with Gasteiger partial charge in [0, 0.05) is 48.7 Å². The number of anilines is 3. The number of halogens is 1. The molecule has 4 rings (SSSR count). The van der Waals surface area contributed by atoms with E-state index in [1.807, 2.05) is 52.0 Å². The molecule has 34 heavy (non-hydrogen) atoms. The smallest absolute Gasteiger partial charge is 0.410 e. The van der Waals surface area contributed by atoms with E-state index in [0.717, 1.165) is 35.7 Å². The normalized spacial score (nSPS) is 19.4. The Bertz CT molecular complexity index is 1020. The molecule has 2 saturated heterocycles. The van der Waals surface area contributed by atoms with Crippen LogP contribution in [0.25, 0.3) is 0 Å². The molecule has 1 atom stereocenters. The van der Waals surface area contributed by atoms with E-state index in [-0.39, 0.29) is 24.1 Å². The molecule has 1 aromatic heterocycles. The molecule has 3 N–H and O–H groups in total. The first kappa shape index (κ1) is 24.3. The van der Waals surface area contributed by atoms with Crippen molar-refractivity contribution in [3.05, 3.63) is 40.5 Å². The maximum absolute atomic E-state index is 12.2. The van der Waals surface area contributed by atoms with Crippen molar-refractivity contribution in [2.45, 2.75) is 51.8 Å². The number of nitrogens with two attached hydrogens (primary N) is 1. The molecule has 184 valence electrons. The highest BCUT2D eigenvalue weighted by Crippen LogP contribution is 2.35. The van der Waals surface area contributed by atoms with Gasteiger partial charge in [-0.2, -0.15) is 4.98 Å². The molecular weight excluding hydrogens is 456 g/mol. The molecule has 2 aromatic rings. The zero-order valence-corrected chi connectivity index (χ0v) is 20.9. The Kier molecular flexibility index (Phi) is 7.04. The molecule has 3 heterocycles. The second kappa shape index (κ2) is 9.84. The van der Waals surface area contributed by atoms with Gasteiger partial charge in [-0.25, -0.2) is 9.78 Å². The Morgan fingerprint density at radius 1 is 1.26 bits per heavy atom. The molecule has 2 aliphatic rings. The summed E-state index contributed by atoms with van der Waals surface area (Å²) in [6, 6.07) is 7.96. The molecule has 10 heteroatoms. The van der Waals surface area contributed by atoms with Gasteiger partial charge >= 0.3 is 6.09 Å². The summed E-state index contributed by atoms with van der Waals surface area (Å²) >= 11 is 6.76. The van der Waals surface area contributed by atoms with Crippen LogP contribution in [0.1, 0.15) is 44.5 Å². The third kappa shape index (κ3) is 5.82. The molecule has 2 aliphatic heterocycles. The molecule has 2 fully saturated rings. The standard InChI is InChI=1S/C24H33ClN6O3/c1-15-10-21(29-22(26)27-15)31-8-5-9-33-14-20(31)18-7-6-16(11-19(18)25)28-17-12-30(13-17)23(32)34-24(2,3)4/h6-7,10-11,17,20,28H,5,8-9,12-14H2,1-4H3,(H2,26,27,29)/t20-/m1/s1. The fraction of sp³-hybridized carbons (Fsp3) is 0.542. The van der Waals surface area contributed by atoms with E-state index in [2.05, 4.69) is 20.2 Å². The molecule has 0 bridgehead atoms. The molecule has 0 saturated carbocycles. The van der Waals surface area contributed by atoms with Crippen LogP contribution in [0.15, 0.2) is 24.3 Å². The Morgan fingerprint density at radius 3 is 2.71 bits per heavy atom. The van der Waals surface area contributed by atoms with E-state index >= 15 is 0 Å². The third-order valence-corrected chi connectivity index (χ3v) is 6.08. The monoisotopic (exact) mass is 488 g/mol. The molecule has 0 unspecified atom stereocenters. The first-order valence-electron chi connectivity index (χ1n) is 11.6. The van der Waals surface area contributed by atoms with Gasteiger partial charge in [0.25, 0.3) is 0 Å². The van der Waals surface area contributed by atoms with Crippen LogP contribution >= 0.6 is 11.6 Å². The maximum atomic E-state index is 12.2. The largest absolute Gasteiger partial charge is 0.444 e. The van der Waals surface area contributed by atoms with Crippen LogP contribution in [0.3, 0.4) is 0 Å². The van der Waals surface area contributed by atoms with E-state index in [9.17, 15) is 4.79 Å². The average molecular weight is 489 g/mol. The van der Waals surface area contributed by atoms with Crippen molar-refractivity contribution < 1.29 is 14.3 Å². The summed E-state index contributed by atoms with van der Waals surface area (Å²) in [5.41, 5.74) is 8.11. The van der Waals surface area contributed by atoms with E-state index < -0.39 is 5.60 Å². The number of carbonyl (C=O) groups excluding carboxylic acids is 1. The van der Waals surface area contributed by atoms with Gasteiger partial charge in [0.2, 0.25) is 5.95 Å². The first-order valence-corrected chi connectivity index (χ1v) is 12.0. The SMILES string of the molecule is Cc1cc(N2CCCOC[C@@H]2c2ccc(NC3CN(C(=O)OC(C)(C)C)C3)cc2Cl)nc(N)n1. The summed E-state index contributed by atoms with van der Waals surface area (Å²) in [4.78, 5) is 24.7. The fourth-order valence-corrected chi connectivity index (χ4v) is 4.51. The first-order chi connectivity index (χ1) is 16.1.